The van der Waals surface area contributed by atoms with Crippen LogP contribution in [0.15, 0.2) is 58.7 Å². The summed E-state index contributed by atoms with van der Waals surface area (Å²) in [5.41, 5.74) is 4.49. The topological polar surface area (TPSA) is 80.0 Å². The van der Waals surface area contributed by atoms with E-state index in [9.17, 15) is 14.7 Å². The van der Waals surface area contributed by atoms with Crippen molar-refractivity contribution in [3.63, 3.8) is 0 Å². The van der Waals surface area contributed by atoms with E-state index >= 15 is 0 Å². The standard InChI is InChI=1S/C26H25NO5/c1-14-9-15(2)11-18(10-14)27-23(20-7-6-8-32-20)22(25(29)26(27)30)24(28)19-12-17(4)21(31-5)13-16(19)3/h6-13,23,28H,1-5H3/b24-22-. The van der Waals surface area contributed by atoms with Crippen molar-refractivity contribution in [1.82, 2.24) is 0 Å². The van der Waals surface area contributed by atoms with Gasteiger partial charge in [-0.05, 0) is 86.3 Å². The molecule has 1 atom stereocenters. The number of carbonyl (C=O) groups excluding carboxylic acids is 2. The van der Waals surface area contributed by atoms with Gasteiger partial charge in [0.15, 0.2) is 0 Å². The highest BCUT2D eigenvalue weighted by atomic mass is 16.5. The minimum atomic E-state index is -0.881. The number of nitrogens with zero attached hydrogens (tertiary/aromatic N) is 1. The quantitative estimate of drug-likeness (QED) is 0.351. The van der Waals surface area contributed by atoms with Gasteiger partial charge in [-0.2, -0.15) is 0 Å². The zero-order valence-electron chi connectivity index (χ0n) is 18.7. The number of carbonyl (C=O) groups is 2. The summed E-state index contributed by atoms with van der Waals surface area (Å²) < 4.78 is 11.0. The lowest BCUT2D eigenvalue weighted by Crippen LogP contribution is -2.29. The van der Waals surface area contributed by atoms with Gasteiger partial charge in [-0.3, -0.25) is 14.5 Å². The molecule has 1 aromatic heterocycles. The molecule has 1 fully saturated rings. The Hall–Kier alpha value is -3.80. The number of methoxy groups -OCH3 is 1. The zero-order chi connectivity index (χ0) is 23.2. The van der Waals surface area contributed by atoms with Crippen LogP contribution in [0.4, 0.5) is 5.69 Å². The van der Waals surface area contributed by atoms with E-state index in [0.717, 1.165) is 22.3 Å². The van der Waals surface area contributed by atoms with Gasteiger partial charge in [0.1, 0.15) is 23.3 Å². The predicted octanol–water partition coefficient (Wildman–Crippen LogP) is 5.15. The Morgan fingerprint density at radius 2 is 1.69 bits per heavy atom. The van der Waals surface area contributed by atoms with Gasteiger partial charge in [0.05, 0.1) is 18.9 Å². The van der Waals surface area contributed by atoms with Crippen LogP contribution in [0.1, 0.15) is 39.6 Å². The molecule has 0 bridgehead atoms. The minimum absolute atomic E-state index is 0.00299. The number of ketones is 1. The molecule has 0 saturated carbocycles. The summed E-state index contributed by atoms with van der Waals surface area (Å²) in [6.07, 6.45) is 1.49. The molecule has 4 rings (SSSR count). The van der Waals surface area contributed by atoms with E-state index in [1.54, 1.807) is 31.4 Å². The van der Waals surface area contributed by atoms with Gasteiger partial charge >= 0.3 is 0 Å². The van der Waals surface area contributed by atoms with Crippen LogP contribution in [0, 0.1) is 27.7 Å². The summed E-state index contributed by atoms with van der Waals surface area (Å²) >= 11 is 0. The highest BCUT2D eigenvalue weighted by Crippen LogP contribution is 2.43. The second-order valence-corrected chi connectivity index (χ2v) is 8.17. The Morgan fingerprint density at radius 3 is 2.28 bits per heavy atom. The first-order valence-electron chi connectivity index (χ1n) is 10.3. The zero-order valence-corrected chi connectivity index (χ0v) is 18.7. The summed E-state index contributed by atoms with van der Waals surface area (Å²) in [4.78, 5) is 27.8. The van der Waals surface area contributed by atoms with E-state index in [2.05, 4.69) is 0 Å². The molecular formula is C26H25NO5. The first-order chi connectivity index (χ1) is 15.2. The maximum absolute atomic E-state index is 13.2. The molecular weight excluding hydrogens is 406 g/mol. The average Bonchev–Trinajstić information content (AvgIpc) is 3.35. The van der Waals surface area contributed by atoms with E-state index in [-0.39, 0.29) is 11.3 Å². The van der Waals surface area contributed by atoms with Crippen molar-refractivity contribution in [3.8, 4) is 5.75 Å². The van der Waals surface area contributed by atoms with Crippen molar-refractivity contribution in [2.75, 3.05) is 12.0 Å². The number of aryl methyl sites for hydroxylation is 4. The second kappa shape index (κ2) is 8.04. The van der Waals surface area contributed by atoms with Crippen LogP contribution >= 0.6 is 0 Å². The van der Waals surface area contributed by atoms with Gasteiger partial charge in [0, 0.05) is 11.3 Å². The number of benzene rings is 2. The molecule has 6 heteroatoms. The molecule has 0 aliphatic carbocycles. The fraction of sp³-hybridized carbons (Fsp3) is 0.231. The lowest BCUT2D eigenvalue weighted by atomic mass is 9.95. The Labute approximate surface area is 186 Å². The van der Waals surface area contributed by atoms with E-state index < -0.39 is 17.7 Å². The van der Waals surface area contributed by atoms with Gasteiger partial charge in [-0.25, -0.2) is 0 Å². The lowest BCUT2D eigenvalue weighted by Gasteiger charge is -2.24. The number of anilines is 1. The van der Waals surface area contributed by atoms with E-state index in [1.807, 2.05) is 45.9 Å². The van der Waals surface area contributed by atoms with Crippen LogP contribution in [0.5, 0.6) is 5.75 Å². The van der Waals surface area contributed by atoms with Crippen molar-refractivity contribution >= 4 is 23.1 Å². The molecule has 6 nitrogen and oxygen atoms in total. The molecule has 3 aromatic rings. The van der Waals surface area contributed by atoms with Gasteiger partial charge in [-0.15, -0.1) is 0 Å². The fourth-order valence-corrected chi connectivity index (χ4v) is 4.31. The number of aliphatic hydroxyl groups excluding tert-OH is 1. The minimum Gasteiger partial charge on any atom is -0.507 e. The number of hydrogen-bond donors (Lipinski definition) is 1. The highest BCUT2D eigenvalue weighted by Gasteiger charge is 2.48. The number of amides is 1. The second-order valence-electron chi connectivity index (χ2n) is 8.17. The number of ether oxygens (including phenoxy) is 1. The van der Waals surface area contributed by atoms with Crippen molar-refractivity contribution in [2.24, 2.45) is 0 Å². The van der Waals surface area contributed by atoms with Crippen molar-refractivity contribution < 1.29 is 23.8 Å². The number of aliphatic hydroxyl groups is 1. The highest BCUT2D eigenvalue weighted by molar-refractivity contribution is 6.51. The van der Waals surface area contributed by atoms with Gasteiger partial charge < -0.3 is 14.3 Å². The largest absolute Gasteiger partial charge is 0.507 e. The maximum Gasteiger partial charge on any atom is 0.300 e. The van der Waals surface area contributed by atoms with Crippen LogP contribution in [0.2, 0.25) is 0 Å². The van der Waals surface area contributed by atoms with Gasteiger partial charge in [0.25, 0.3) is 11.7 Å². The molecule has 1 aliphatic heterocycles. The summed E-state index contributed by atoms with van der Waals surface area (Å²) in [5.74, 6) is -0.623. The molecule has 1 unspecified atom stereocenters. The van der Waals surface area contributed by atoms with Gasteiger partial charge in [0.2, 0.25) is 0 Å². The molecule has 164 valence electrons. The van der Waals surface area contributed by atoms with E-state index in [1.165, 1.54) is 11.2 Å². The third-order valence-electron chi connectivity index (χ3n) is 5.74. The van der Waals surface area contributed by atoms with E-state index in [0.29, 0.717) is 22.8 Å². The van der Waals surface area contributed by atoms with Crippen LogP contribution in [-0.2, 0) is 9.59 Å². The maximum atomic E-state index is 13.2. The molecule has 0 spiro atoms. The Bertz CT molecular complexity index is 1230. The average molecular weight is 431 g/mol. The van der Waals surface area contributed by atoms with Crippen molar-refractivity contribution in [2.45, 2.75) is 33.7 Å². The summed E-state index contributed by atoms with van der Waals surface area (Å²) in [5, 5.41) is 11.3. The van der Waals surface area contributed by atoms with Crippen molar-refractivity contribution in [3.05, 3.63) is 87.9 Å². The van der Waals surface area contributed by atoms with Crippen LogP contribution in [-0.4, -0.2) is 23.9 Å². The molecule has 0 radical (unpaired) electrons. The van der Waals surface area contributed by atoms with E-state index in [4.69, 9.17) is 9.15 Å². The fourth-order valence-electron chi connectivity index (χ4n) is 4.31. The van der Waals surface area contributed by atoms with Crippen molar-refractivity contribution in [1.29, 1.82) is 0 Å². The number of hydrogen-bond acceptors (Lipinski definition) is 5. The summed E-state index contributed by atoms with van der Waals surface area (Å²) in [6, 6.07) is 11.7. The Kier molecular flexibility index (Phi) is 5.38. The lowest BCUT2D eigenvalue weighted by molar-refractivity contribution is -0.132. The summed E-state index contributed by atoms with van der Waals surface area (Å²) in [7, 11) is 1.58. The number of furan rings is 1. The normalized spacial score (nSPS) is 17.8. The molecule has 1 saturated heterocycles. The number of Topliss-reactive ketones (excluding diaryl/α,β-unsaturated/α-hetero) is 1. The SMILES string of the molecule is COc1cc(C)c(/C(O)=C2/C(=O)C(=O)N(c3cc(C)cc(C)c3)C2c2ccco2)cc1C. The first-order valence-corrected chi connectivity index (χ1v) is 10.3. The molecule has 2 aromatic carbocycles. The summed E-state index contributed by atoms with van der Waals surface area (Å²) in [6.45, 7) is 7.53. The smallest absolute Gasteiger partial charge is 0.300 e. The third kappa shape index (κ3) is 3.47. The third-order valence-corrected chi connectivity index (χ3v) is 5.74. The first kappa shape index (κ1) is 21.4. The molecule has 32 heavy (non-hydrogen) atoms. The van der Waals surface area contributed by atoms with Gasteiger partial charge in [-0.1, -0.05) is 6.07 Å². The molecule has 1 aliphatic rings. The Morgan fingerprint density at radius 1 is 1.00 bits per heavy atom. The predicted molar refractivity (Wildman–Crippen MR) is 122 cm³/mol. The molecule has 1 N–H and O–H groups in total. The van der Waals surface area contributed by atoms with Crippen LogP contribution in [0.25, 0.3) is 5.76 Å². The monoisotopic (exact) mass is 431 g/mol. The Balaban J connectivity index is 1.96. The van der Waals surface area contributed by atoms with Crippen LogP contribution in [0.3, 0.4) is 0 Å². The van der Waals surface area contributed by atoms with Crippen LogP contribution < -0.4 is 9.64 Å². The number of rotatable bonds is 4. The molecule has 2 heterocycles. The molecule has 1 amide bonds.